The van der Waals surface area contributed by atoms with Gasteiger partial charge in [0.2, 0.25) is 0 Å². The molecule has 0 radical (unpaired) electrons. The Morgan fingerprint density at radius 3 is 2.42 bits per heavy atom. The number of hydrogen-bond donors (Lipinski definition) is 0. The molecule has 0 saturated heterocycles. The van der Waals surface area contributed by atoms with E-state index in [1.165, 1.54) is 0 Å². The number of carbonyl (C=O) groups is 1. The molecule has 1 atom stereocenters. The third-order valence-corrected chi connectivity index (χ3v) is 4.08. The van der Waals surface area contributed by atoms with Crippen LogP contribution in [0.3, 0.4) is 0 Å². The zero-order valence-electron chi connectivity index (χ0n) is 11.9. The van der Waals surface area contributed by atoms with E-state index in [2.05, 4.69) is 20.8 Å². The number of ketones is 1. The topological polar surface area (TPSA) is 17.1 Å². The van der Waals surface area contributed by atoms with Crippen LogP contribution in [0.4, 0.5) is 0 Å². The first kappa shape index (κ1) is 14.3. The lowest BCUT2D eigenvalue weighted by atomic mass is 9.70. The zero-order chi connectivity index (χ0) is 14.0. The minimum Gasteiger partial charge on any atom is -0.294 e. The first-order valence-electron chi connectivity index (χ1n) is 6.88. The molecule has 0 amide bonds. The van der Waals surface area contributed by atoms with Gasteiger partial charge in [0.15, 0.2) is 5.78 Å². The molecule has 1 unspecified atom stereocenters. The van der Waals surface area contributed by atoms with Gasteiger partial charge < -0.3 is 0 Å². The lowest BCUT2D eigenvalue weighted by molar-refractivity contribution is -0.123. The normalized spacial score (nSPS) is 22.8. The van der Waals surface area contributed by atoms with E-state index in [-0.39, 0.29) is 11.3 Å². The molecule has 19 heavy (non-hydrogen) atoms. The number of rotatable bonds is 1. The first-order chi connectivity index (χ1) is 8.88. The van der Waals surface area contributed by atoms with Crippen LogP contribution in [0.5, 0.6) is 0 Å². The van der Waals surface area contributed by atoms with Crippen LogP contribution in [-0.4, -0.2) is 5.78 Å². The molecule has 0 bridgehead atoms. The van der Waals surface area contributed by atoms with Crippen molar-refractivity contribution >= 4 is 23.5 Å². The van der Waals surface area contributed by atoms with Crippen LogP contribution in [-0.2, 0) is 4.79 Å². The van der Waals surface area contributed by atoms with Crippen molar-refractivity contribution < 1.29 is 4.79 Å². The Kier molecular flexibility index (Phi) is 4.15. The Morgan fingerprint density at radius 2 is 1.84 bits per heavy atom. The zero-order valence-corrected chi connectivity index (χ0v) is 12.6. The predicted octanol–water partition coefficient (Wildman–Crippen LogP) is 5.14. The summed E-state index contributed by atoms with van der Waals surface area (Å²) < 4.78 is 0. The molecule has 1 fully saturated rings. The summed E-state index contributed by atoms with van der Waals surface area (Å²) in [6.07, 6.45) is 5.04. The number of allylic oxidation sites excluding steroid dienone is 1. The third kappa shape index (κ3) is 3.48. The van der Waals surface area contributed by atoms with E-state index in [1.807, 2.05) is 30.3 Å². The maximum atomic E-state index is 12.5. The summed E-state index contributed by atoms with van der Waals surface area (Å²) in [5.74, 6) is 0.480. The van der Waals surface area contributed by atoms with Gasteiger partial charge >= 0.3 is 0 Å². The molecule has 1 aromatic rings. The third-order valence-electron chi connectivity index (χ3n) is 3.83. The number of hydrogen-bond acceptors (Lipinski definition) is 1. The van der Waals surface area contributed by atoms with Gasteiger partial charge in [-0.05, 0) is 54.0 Å². The molecule has 102 valence electrons. The van der Waals surface area contributed by atoms with Crippen molar-refractivity contribution in [2.75, 3.05) is 0 Å². The van der Waals surface area contributed by atoms with Crippen LogP contribution in [0.25, 0.3) is 6.08 Å². The molecule has 0 N–H and O–H groups in total. The van der Waals surface area contributed by atoms with Crippen LogP contribution in [0.1, 0.15) is 45.6 Å². The molecular formula is C17H21ClO. The smallest absolute Gasteiger partial charge is 0.162 e. The Labute approximate surface area is 120 Å². The van der Waals surface area contributed by atoms with Gasteiger partial charge in [0.1, 0.15) is 0 Å². The fourth-order valence-electron chi connectivity index (χ4n) is 2.70. The second-order valence-electron chi connectivity index (χ2n) is 6.40. The maximum Gasteiger partial charge on any atom is 0.162 e. The summed E-state index contributed by atoms with van der Waals surface area (Å²) in [4.78, 5) is 12.5. The number of carbonyl (C=O) groups excluding carboxylic acids is 1. The van der Waals surface area contributed by atoms with Gasteiger partial charge in [-0.3, -0.25) is 4.79 Å². The highest BCUT2D eigenvalue weighted by Gasteiger charge is 2.35. The van der Waals surface area contributed by atoms with E-state index in [9.17, 15) is 4.79 Å². The second-order valence-corrected chi connectivity index (χ2v) is 6.83. The monoisotopic (exact) mass is 276 g/mol. The number of Topliss-reactive ketones (excluding diaryl/α,β-unsaturated/α-hetero) is 1. The van der Waals surface area contributed by atoms with Crippen LogP contribution in [0, 0.1) is 11.3 Å². The average Bonchev–Trinajstić information content (AvgIpc) is 2.33. The molecule has 2 rings (SSSR count). The van der Waals surface area contributed by atoms with Crippen molar-refractivity contribution in [1.82, 2.24) is 0 Å². The van der Waals surface area contributed by atoms with Crippen molar-refractivity contribution in [3.05, 3.63) is 40.4 Å². The maximum absolute atomic E-state index is 12.5. The van der Waals surface area contributed by atoms with Crippen molar-refractivity contribution in [2.24, 2.45) is 11.3 Å². The van der Waals surface area contributed by atoms with E-state index in [1.54, 1.807) is 0 Å². The summed E-state index contributed by atoms with van der Waals surface area (Å²) in [7, 11) is 0. The second kappa shape index (κ2) is 5.50. The predicted molar refractivity (Wildman–Crippen MR) is 81.2 cm³/mol. The summed E-state index contributed by atoms with van der Waals surface area (Å²) in [5.41, 5.74) is 2.08. The van der Waals surface area contributed by atoms with Crippen molar-refractivity contribution in [3.63, 3.8) is 0 Å². The summed E-state index contributed by atoms with van der Waals surface area (Å²) in [5, 5.41) is 0.727. The van der Waals surface area contributed by atoms with Gasteiger partial charge in [-0.15, -0.1) is 0 Å². The molecule has 1 nitrogen and oxygen atoms in total. The molecule has 1 saturated carbocycles. The lowest BCUT2D eigenvalue weighted by Crippen LogP contribution is -2.32. The molecule has 1 aliphatic rings. The van der Waals surface area contributed by atoms with Gasteiger partial charge in [-0.25, -0.2) is 0 Å². The molecule has 0 heterocycles. The van der Waals surface area contributed by atoms with Gasteiger partial charge in [-0.1, -0.05) is 44.5 Å². The Balaban J connectivity index is 2.24. The van der Waals surface area contributed by atoms with Crippen LogP contribution >= 0.6 is 11.6 Å². The van der Waals surface area contributed by atoms with Gasteiger partial charge in [0, 0.05) is 10.9 Å². The molecule has 0 spiro atoms. The molecule has 0 aromatic heterocycles. The molecule has 0 aliphatic heterocycles. The molecule has 2 heteroatoms. The van der Waals surface area contributed by atoms with E-state index >= 15 is 0 Å². The highest BCUT2D eigenvalue weighted by Crippen LogP contribution is 2.38. The summed E-state index contributed by atoms with van der Waals surface area (Å²) in [6.45, 7) is 6.46. The lowest BCUT2D eigenvalue weighted by Gasteiger charge is -2.33. The Morgan fingerprint density at radius 1 is 1.21 bits per heavy atom. The highest BCUT2D eigenvalue weighted by atomic mass is 35.5. The fraction of sp³-hybridized carbons (Fsp3) is 0.471. The first-order valence-corrected chi connectivity index (χ1v) is 7.26. The van der Waals surface area contributed by atoms with Gasteiger partial charge in [0.05, 0.1) is 0 Å². The molecular weight excluding hydrogens is 256 g/mol. The van der Waals surface area contributed by atoms with Crippen molar-refractivity contribution in [2.45, 2.75) is 40.0 Å². The van der Waals surface area contributed by atoms with Crippen LogP contribution < -0.4 is 0 Å². The minimum atomic E-state index is 0.0522. The van der Waals surface area contributed by atoms with Gasteiger partial charge in [0.25, 0.3) is 0 Å². The molecule has 1 aromatic carbocycles. The SMILES string of the molecule is CC(C)(C)C1CCCC(=Cc2ccc(Cl)cc2)C1=O. The number of benzene rings is 1. The van der Waals surface area contributed by atoms with Crippen molar-refractivity contribution in [1.29, 1.82) is 0 Å². The quantitative estimate of drug-likeness (QED) is 0.649. The Hall–Kier alpha value is -1.08. The van der Waals surface area contributed by atoms with Crippen molar-refractivity contribution in [3.8, 4) is 0 Å². The van der Waals surface area contributed by atoms with Crippen LogP contribution in [0.15, 0.2) is 29.8 Å². The average molecular weight is 277 g/mol. The van der Waals surface area contributed by atoms with E-state index in [0.717, 1.165) is 35.4 Å². The van der Waals surface area contributed by atoms with E-state index in [0.29, 0.717) is 5.78 Å². The summed E-state index contributed by atoms with van der Waals surface area (Å²) >= 11 is 5.88. The van der Waals surface area contributed by atoms with Crippen LogP contribution in [0.2, 0.25) is 5.02 Å². The molecule has 1 aliphatic carbocycles. The van der Waals surface area contributed by atoms with E-state index < -0.39 is 0 Å². The number of halogens is 1. The minimum absolute atomic E-state index is 0.0522. The van der Waals surface area contributed by atoms with Gasteiger partial charge in [-0.2, -0.15) is 0 Å². The summed E-state index contributed by atoms with van der Waals surface area (Å²) in [6, 6.07) is 7.65. The Bertz CT molecular complexity index is 491. The van der Waals surface area contributed by atoms with E-state index in [4.69, 9.17) is 11.6 Å². The standard InChI is InChI=1S/C17H21ClO/c1-17(2,3)15-6-4-5-13(16(15)19)11-12-7-9-14(18)10-8-12/h7-11,15H,4-6H2,1-3H3. The highest BCUT2D eigenvalue weighted by molar-refractivity contribution is 6.30. The fourth-order valence-corrected chi connectivity index (χ4v) is 2.83. The largest absolute Gasteiger partial charge is 0.294 e.